The van der Waals surface area contributed by atoms with Crippen molar-refractivity contribution < 1.29 is 9.53 Å². The molecule has 0 saturated carbocycles. The van der Waals surface area contributed by atoms with E-state index in [0.717, 1.165) is 16.7 Å². The van der Waals surface area contributed by atoms with Crippen LogP contribution in [0.25, 0.3) is 6.08 Å². The smallest absolute Gasteiger partial charge is 0.266 e. The number of hydrogen-bond donors (Lipinski definition) is 1. The number of nitriles is 1. The van der Waals surface area contributed by atoms with Crippen LogP contribution in [0.15, 0.2) is 48.0 Å². The van der Waals surface area contributed by atoms with Crippen molar-refractivity contribution in [2.75, 3.05) is 11.9 Å². The van der Waals surface area contributed by atoms with Gasteiger partial charge in [-0.3, -0.25) is 4.79 Å². The van der Waals surface area contributed by atoms with Gasteiger partial charge in [-0.2, -0.15) is 5.26 Å². The molecule has 2 aromatic rings. The molecule has 2 rings (SSSR count). The van der Waals surface area contributed by atoms with Crippen molar-refractivity contribution in [2.45, 2.75) is 20.8 Å². The summed E-state index contributed by atoms with van der Waals surface area (Å²) in [7, 11) is 0. The molecule has 0 bridgehead atoms. The summed E-state index contributed by atoms with van der Waals surface area (Å²) in [5.41, 5.74) is 3.50. The Morgan fingerprint density at radius 3 is 2.75 bits per heavy atom. The minimum absolute atomic E-state index is 0.0459. The maximum atomic E-state index is 12.4. The molecule has 0 aliphatic rings. The van der Waals surface area contributed by atoms with Crippen LogP contribution in [0.2, 0.25) is 0 Å². The van der Waals surface area contributed by atoms with E-state index in [9.17, 15) is 10.1 Å². The predicted molar refractivity (Wildman–Crippen MR) is 95.7 cm³/mol. The molecule has 0 spiro atoms. The van der Waals surface area contributed by atoms with Crippen LogP contribution in [-0.2, 0) is 4.79 Å². The third kappa shape index (κ3) is 4.47. The van der Waals surface area contributed by atoms with Gasteiger partial charge in [0, 0.05) is 5.69 Å². The Hall–Kier alpha value is -3.06. The van der Waals surface area contributed by atoms with Crippen molar-refractivity contribution in [3.8, 4) is 11.8 Å². The summed E-state index contributed by atoms with van der Waals surface area (Å²) in [5, 5.41) is 12.1. The first-order valence-corrected chi connectivity index (χ1v) is 7.76. The first-order valence-electron chi connectivity index (χ1n) is 7.76. The van der Waals surface area contributed by atoms with Gasteiger partial charge in [-0.15, -0.1) is 0 Å². The summed E-state index contributed by atoms with van der Waals surface area (Å²) >= 11 is 0. The number of amides is 1. The van der Waals surface area contributed by atoms with E-state index in [1.807, 2.05) is 63.2 Å². The van der Waals surface area contributed by atoms with E-state index in [-0.39, 0.29) is 5.57 Å². The molecule has 0 saturated heterocycles. The number of ether oxygens (including phenoxy) is 1. The van der Waals surface area contributed by atoms with Gasteiger partial charge in [0.15, 0.2) is 0 Å². The van der Waals surface area contributed by atoms with Gasteiger partial charge in [0.1, 0.15) is 17.4 Å². The fourth-order valence-corrected chi connectivity index (χ4v) is 2.24. The molecule has 0 heterocycles. The highest BCUT2D eigenvalue weighted by molar-refractivity contribution is 6.10. The second kappa shape index (κ2) is 7.98. The average molecular weight is 320 g/mol. The summed E-state index contributed by atoms with van der Waals surface area (Å²) in [6.07, 6.45) is 1.56. The minimum atomic E-state index is -0.423. The van der Waals surface area contributed by atoms with Crippen LogP contribution < -0.4 is 10.1 Å². The normalized spacial score (nSPS) is 10.8. The monoisotopic (exact) mass is 320 g/mol. The second-order valence-corrected chi connectivity index (χ2v) is 5.45. The lowest BCUT2D eigenvalue weighted by Crippen LogP contribution is -2.14. The molecule has 0 unspecified atom stereocenters. The Morgan fingerprint density at radius 2 is 2.04 bits per heavy atom. The largest absolute Gasteiger partial charge is 0.494 e. The molecule has 0 fully saturated rings. The summed E-state index contributed by atoms with van der Waals surface area (Å²) < 4.78 is 5.43. The third-order valence-corrected chi connectivity index (χ3v) is 3.49. The van der Waals surface area contributed by atoms with Gasteiger partial charge in [0.05, 0.1) is 6.61 Å². The van der Waals surface area contributed by atoms with Crippen molar-refractivity contribution in [3.63, 3.8) is 0 Å². The zero-order chi connectivity index (χ0) is 17.5. The van der Waals surface area contributed by atoms with E-state index < -0.39 is 5.91 Å². The van der Waals surface area contributed by atoms with Crippen LogP contribution in [0, 0.1) is 25.2 Å². The molecule has 0 aromatic heterocycles. The Balaban J connectivity index is 2.24. The molecule has 0 atom stereocenters. The highest BCUT2D eigenvalue weighted by Gasteiger charge is 2.11. The highest BCUT2D eigenvalue weighted by Crippen LogP contribution is 2.19. The Bertz CT molecular complexity index is 817. The number of carbonyl (C=O) groups excluding carboxylic acids is 1. The predicted octanol–water partition coefficient (Wildman–Crippen LogP) is 4.25. The third-order valence-electron chi connectivity index (χ3n) is 3.49. The second-order valence-electron chi connectivity index (χ2n) is 5.45. The van der Waals surface area contributed by atoms with Gasteiger partial charge in [-0.05, 0) is 61.7 Å². The number of aryl methyl sites for hydroxylation is 2. The van der Waals surface area contributed by atoms with Crippen LogP contribution in [0.3, 0.4) is 0 Å². The van der Waals surface area contributed by atoms with Gasteiger partial charge in [-0.25, -0.2) is 0 Å². The SMILES string of the molecule is CCOc1cccc(/C=C(\C#N)C(=O)Nc2cc(C)ccc2C)c1. The zero-order valence-electron chi connectivity index (χ0n) is 14.1. The molecular weight excluding hydrogens is 300 g/mol. The van der Waals surface area contributed by atoms with E-state index in [1.165, 1.54) is 0 Å². The first-order chi connectivity index (χ1) is 11.5. The Kier molecular flexibility index (Phi) is 5.75. The lowest BCUT2D eigenvalue weighted by Gasteiger charge is -2.09. The molecule has 2 aromatic carbocycles. The summed E-state index contributed by atoms with van der Waals surface area (Å²) in [6, 6.07) is 15.1. The molecule has 0 aliphatic carbocycles. The van der Waals surface area contributed by atoms with Gasteiger partial charge in [0.2, 0.25) is 0 Å². The molecule has 1 amide bonds. The van der Waals surface area contributed by atoms with E-state index in [4.69, 9.17) is 4.74 Å². The van der Waals surface area contributed by atoms with Gasteiger partial charge in [0.25, 0.3) is 5.91 Å². The summed E-state index contributed by atoms with van der Waals surface area (Å²) in [6.45, 7) is 6.33. The average Bonchev–Trinajstić information content (AvgIpc) is 2.56. The van der Waals surface area contributed by atoms with Crippen molar-refractivity contribution >= 4 is 17.7 Å². The number of benzene rings is 2. The van der Waals surface area contributed by atoms with E-state index >= 15 is 0 Å². The Morgan fingerprint density at radius 1 is 1.25 bits per heavy atom. The number of nitrogens with zero attached hydrogens (tertiary/aromatic N) is 1. The quantitative estimate of drug-likeness (QED) is 0.662. The number of rotatable bonds is 5. The summed E-state index contributed by atoms with van der Waals surface area (Å²) in [4.78, 5) is 12.4. The van der Waals surface area contributed by atoms with E-state index in [2.05, 4.69) is 5.32 Å². The van der Waals surface area contributed by atoms with Crippen LogP contribution in [0.5, 0.6) is 5.75 Å². The van der Waals surface area contributed by atoms with Gasteiger partial charge < -0.3 is 10.1 Å². The lowest BCUT2D eigenvalue weighted by molar-refractivity contribution is -0.112. The molecular formula is C20H20N2O2. The minimum Gasteiger partial charge on any atom is -0.494 e. The van der Waals surface area contributed by atoms with Crippen LogP contribution in [-0.4, -0.2) is 12.5 Å². The maximum absolute atomic E-state index is 12.4. The fraction of sp³-hybridized carbons (Fsp3) is 0.200. The molecule has 1 N–H and O–H groups in total. The van der Waals surface area contributed by atoms with Crippen LogP contribution in [0.1, 0.15) is 23.6 Å². The van der Waals surface area contributed by atoms with E-state index in [0.29, 0.717) is 18.0 Å². The molecule has 4 nitrogen and oxygen atoms in total. The van der Waals surface area contributed by atoms with Crippen molar-refractivity contribution in [3.05, 3.63) is 64.7 Å². The lowest BCUT2D eigenvalue weighted by atomic mass is 10.1. The Labute approximate surface area is 142 Å². The molecule has 4 heteroatoms. The number of nitrogens with one attached hydrogen (secondary N) is 1. The zero-order valence-corrected chi connectivity index (χ0v) is 14.1. The molecule has 24 heavy (non-hydrogen) atoms. The van der Waals surface area contributed by atoms with Gasteiger partial charge >= 0.3 is 0 Å². The maximum Gasteiger partial charge on any atom is 0.266 e. The van der Waals surface area contributed by atoms with Gasteiger partial charge in [-0.1, -0.05) is 24.3 Å². The fourth-order valence-electron chi connectivity index (χ4n) is 2.24. The number of hydrogen-bond acceptors (Lipinski definition) is 3. The van der Waals surface area contributed by atoms with E-state index in [1.54, 1.807) is 12.1 Å². The highest BCUT2D eigenvalue weighted by atomic mass is 16.5. The van der Waals surface area contributed by atoms with Crippen LogP contribution >= 0.6 is 0 Å². The van der Waals surface area contributed by atoms with Crippen molar-refractivity contribution in [1.29, 1.82) is 5.26 Å². The molecule has 122 valence electrons. The molecule has 0 aliphatic heterocycles. The first kappa shape index (κ1) is 17.3. The van der Waals surface area contributed by atoms with Crippen molar-refractivity contribution in [2.24, 2.45) is 0 Å². The number of carbonyl (C=O) groups is 1. The number of anilines is 1. The standard InChI is InChI=1S/C20H20N2O2/c1-4-24-18-7-5-6-16(12-18)11-17(13-21)20(23)22-19-10-14(2)8-9-15(19)3/h5-12H,4H2,1-3H3,(H,22,23)/b17-11+. The molecule has 0 radical (unpaired) electrons. The van der Waals surface area contributed by atoms with Crippen molar-refractivity contribution in [1.82, 2.24) is 0 Å². The topological polar surface area (TPSA) is 62.1 Å². The van der Waals surface area contributed by atoms with Crippen LogP contribution in [0.4, 0.5) is 5.69 Å². The summed E-state index contributed by atoms with van der Waals surface area (Å²) in [5.74, 6) is 0.284.